The lowest BCUT2D eigenvalue weighted by Gasteiger charge is -2.22. The van der Waals surface area contributed by atoms with Gasteiger partial charge in [0.15, 0.2) is 0 Å². The maximum Gasteiger partial charge on any atom is 0.305 e. The molecule has 2 atom stereocenters. The number of hydrogen-bond donors (Lipinski definition) is 3. The smallest absolute Gasteiger partial charge is 0.305 e. The SMILES string of the molecule is CCCCC/C=C\C/C=C\CCCCCCCCCC(=O)OCCCCCCCCCCCCCCCCCCC(=O)NC(CO)C(O)CCCCCCCCCCCCCCCCCC. The van der Waals surface area contributed by atoms with E-state index in [1.807, 2.05) is 0 Å². The minimum Gasteiger partial charge on any atom is -0.466 e. The Balaban J connectivity index is 3.42. The van der Waals surface area contributed by atoms with Crippen LogP contribution in [0.3, 0.4) is 0 Å². The molecule has 0 aliphatic heterocycles. The Labute approximate surface area is 411 Å². The highest BCUT2D eigenvalue weighted by molar-refractivity contribution is 5.76. The molecule has 0 aromatic heterocycles. The summed E-state index contributed by atoms with van der Waals surface area (Å²) in [5.74, 6) is -0.0442. The second kappa shape index (κ2) is 55.9. The monoisotopic (exact) mass is 930 g/mol. The number of hydrogen-bond acceptors (Lipinski definition) is 5. The van der Waals surface area contributed by atoms with Gasteiger partial charge >= 0.3 is 5.97 Å². The number of amides is 1. The van der Waals surface area contributed by atoms with Gasteiger partial charge < -0.3 is 20.3 Å². The summed E-state index contributed by atoms with van der Waals surface area (Å²) in [4.78, 5) is 24.6. The highest BCUT2D eigenvalue weighted by Crippen LogP contribution is 2.17. The molecule has 390 valence electrons. The number of ether oxygens (including phenoxy) is 1. The molecule has 6 heteroatoms. The third-order valence-electron chi connectivity index (χ3n) is 13.8. The zero-order chi connectivity index (χ0) is 47.9. The molecule has 3 N–H and O–H groups in total. The van der Waals surface area contributed by atoms with Crippen LogP contribution in [0.4, 0.5) is 0 Å². The lowest BCUT2D eigenvalue weighted by Crippen LogP contribution is -2.45. The van der Waals surface area contributed by atoms with Crippen molar-refractivity contribution in [2.24, 2.45) is 0 Å². The topological polar surface area (TPSA) is 95.9 Å². The average molecular weight is 931 g/mol. The Morgan fingerprint density at radius 1 is 0.424 bits per heavy atom. The average Bonchev–Trinajstić information content (AvgIpc) is 3.32. The third kappa shape index (κ3) is 51.7. The van der Waals surface area contributed by atoms with Gasteiger partial charge in [-0.25, -0.2) is 0 Å². The van der Waals surface area contributed by atoms with E-state index in [4.69, 9.17) is 4.74 Å². The normalized spacial score (nSPS) is 12.7. The van der Waals surface area contributed by atoms with E-state index in [0.717, 1.165) is 51.4 Å². The summed E-state index contributed by atoms with van der Waals surface area (Å²) in [7, 11) is 0. The molecule has 0 aliphatic carbocycles. The van der Waals surface area contributed by atoms with Gasteiger partial charge in [-0.05, 0) is 57.8 Å². The van der Waals surface area contributed by atoms with Crippen molar-refractivity contribution >= 4 is 11.9 Å². The van der Waals surface area contributed by atoms with Crippen LogP contribution in [-0.2, 0) is 14.3 Å². The Hall–Kier alpha value is -1.66. The van der Waals surface area contributed by atoms with E-state index < -0.39 is 12.1 Å². The number of nitrogens with one attached hydrogen (secondary N) is 1. The molecule has 0 heterocycles. The largest absolute Gasteiger partial charge is 0.466 e. The summed E-state index contributed by atoms with van der Waals surface area (Å²) >= 11 is 0. The van der Waals surface area contributed by atoms with Crippen LogP contribution in [0.15, 0.2) is 24.3 Å². The summed E-state index contributed by atoms with van der Waals surface area (Å²) in [5, 5.41) is 23.3. The lowest BCUT2D eigenvalue weighted by atomic mass is 10.0. The van der Waals surface area contributed by atoms with Crippen LogP contribution in [0.5, 0.6) is 0 Å². The van der Waals surface area contributed by atoms with Gasteiger partial charge in [0.2, 0.25) is 5.91 Å². The zero-order valence-corrected chi connectivity index (χ0v) is 44.4. The first-order valence-electron chi connectivity index (χ1n) is 29.6. The quantitative estimate of drug-likeness (QED) is 0.0321. The second-order valence-corrected chi connectivity index (χ2v) is 20.3. The molecule has 0 saturated heterocycles. The minimum absolute atomic E-state index is 0.00409. The number of aliphatic hydroxyl groups excluding tert-OH is 2. The summed E-state index contributed by atoms with van der Waals surface area (Å²) in [6.07, 6.45) is 67.3. The fourth-order valence-corrected chi connectivity index (χ4v) is 9.20. The molecule has 0 aromatic carbocycles. The first-order chi connectivity index (χ1) is 32.5. The number of esters is 1. The van der Waals surface area contributed by atoms with Crippen LogP contribution >= 0.6 is 0 Å². The molecular formula is C60H115NO5. The summed E-state index contributed by atoms with van der Waals surface area (Å²) in [6.45, 7) is 4.93. The first kappa shape index (κ1) is 64.3. The molecule has 0 spiro atoms. The minimum atomic E-state index is -0.669. The van der Waals surface area contributed by atoms with Gasteiger partial charge in [-0.2, -0.15) is 0 Å². The van der Waals surface area contributed by atoms with Gasteiger partial charge in [0.05, 0.1) is 25.4 Å². The number of rotatable bonds is 55. The van der Waals surface area contributed by atoms with Crippen molar-refractivity contribution in [1.29, 1.82) is 0 Å². The number of unbranched alkanes of at least 4 members (excludes halogenated alkanes) is 40. The third-order valence-corrected chi connectivity index (χ3v) is 13.8. The van der Waals surface area contributed by atoms with Crippen molar-refractivity contribution in [2.45, 2.75) is 334 Å². The fourth-order valence-electron chi connectivity index (χ4n) is 9.20. The van der Waals surface area contributed by atoms with Gasteiger partial charge in [0.1, 0.15) is 0 Å². The maximum atomic E-state index is 12.5. The van der Waals surface area contributed by atoms with Crippen LogP contribution in [0.2, 0.25) is 0 Å². The van der Waals surface area contributed by atoms with Crippen LogP contribution < -0.4 is 5.32 Å². The molecule has 0 rings (SSSR count). The van der Waals surface area contributed by atoms with E-state index in [-0.39, 0.29) is 18.5 Å². The molecule has 66 heavy (non-hydrogen) atoms. The predicted molar refractivity (Wildman–Crippen MR) is 287 cm³/mol. The van der Waals surface area contributed by atoms with E-state index in [1.165, 1.54) is 238 Å². The van der Waals surface area contributed by atoms with Gasteiger partial charge in [0, 0.05) is 12.8 Å². The number of carbonyl (C=O) groups excluding carboxylic acids is 2. The van der Waals surface area contributed by atoms with Crippen molar-refractivity contribution in [1.82, 2.24) is 5.32 Å². The lowest BCUT2D eigenvalue weighted by molar-refractivity contribution is -0.143. The summed E-state index contributed by atoms with van der Waals surface area (Å²) in [5.41, 5.74) is 0. The Morgan fingerprint density at radius 3 is 1.18 bits per heavy atom. The Bertz CT molecular complexity index is 1030. The molecular weight excluding hydrogens is 815 g/mol. The fraction of sp³-hybridized carbons (Fsp3) is 0.900. The summed E-state index contributed by atoms with van der Waals surface area (Å²) < 4.78 is 5.48. The van der Waals surface area contributed by atoms with Gasteiger partial charge in [-0.3, -0.25) is 9.59 Å². The number of allylic oxidation sites excluding steroid dienone is 4. The molecule has 0 aliphatic rings. The van der Waals surface area contributed by atoms with Gasteiger partial charge in [-0.1, -0.05) is 276 Å². The molecule has 0 fully saturated rings. The maximum absolute atomic E-state index is 12.5. The molecule has 2 unspecified atom stereocenters. The standard InChI is InChI=1S/C60H115NO5/c1-3-5-7-9-11-13-15-17-19-21-26-30-34-38-42-46-50-54-60(65)66-55-51-47-43-39-35-31-27-23-22-25-29-33-37-41-45-49-53-59(64)61-57(56-62)58(63)52-48-44-40-36-32-28-24-20-18-16-14-12-10-8-6-4-2/h11,13,17,19,57-58,62-63H,3-10,12,14-16,18,20-56H2,1-2H3,(H,61,64)/b13-11-,19-17-. The number of aliphatic hydroxyl groups is 2. The second-order valence-electron chi connectivity index (χ2n) is 20.3. The highest BCUT2D eigenvalue weighted by atomic mass is 16.5. The van der Waals surface area contributed by atoms with Crippen molar-refractivity contribution < 1.29 is 24.5 Å². The Morgan fingerprint density at radius 2 is 0.758 bits per heavy atom. The zero-order valence-electron chi connectivity index (χ0n) is 44.4. The molecule has 0 radical (unpaired) electrons. The van der Waals surface area contributed by atoms with E-state index in [1.54, 1.807) is 0 Å². The van der Waals surface area contributed by atoms with Crippen LogP contribution in [0, 0.1) is 0 Å². The Kier molecular flexibility index (Phi) is 54.5. The van der Waals surface area contributed by atoms with Crippen LogP contribution in [-0.4, -0.2) is 47.4 Å². The van der Waals surface area contributed by atoms with E-state index in [0.29, 0.717) is 25.9 Å². The van der Waals surface area contributed by atoms with Crippen molar-refractivity contribution in [2.75, 3.05) is 13.2 Å². The van der Waals surface area contributed by atoms with E-state index >= 15 is 0 Å². The summed E-state index contributed by atoms with van der Waals surface area (Å²) in [6, 6.07) is -0.547. The predicted octanol–water partition coefficient (Wildman–Crippen LogP) is 18.2. The van der Waals surface area contributed by atoms with Crippen LogP contribution in [0.1, 0.15) is 322 Å². The van der Waals surface area contributed by atoms with Crippen molar-refractivity contribution in [3.63, 3.8) is 0 Å². The molecule has 6 nitrogen and oxygen atoms in total. The molecule has 0 bridgehead atoms. The molecule has 1 amide bonds. The molecule has 0 saturated carbocycles. The first-order valence-corrected chi connectivity index (χ1v) is 29.6. The van der Waals surface area contributed by atoms with Gasteiger partial charge in [-0.15, -0.1) is 0 Å². The van der Waals surface area contributed by atoms with Crippen molar-refractivity contribution in [3.8, 4) is 0 Å². The van der Waals surface area contributed by atoms with Crippen LogP contribution in [0.25, 0.3) is 0 Å². The molecule has 0 aromatic rings. The van der Waals surface area contributed by atoms with Crippen molar-refractivity contribution in [3.05, 3.63) is 24.3 Å². The number of carbonyl (C=O) groups is 2. The van der Waals surface area contributed by atoms with E-state index in [9.17, 15) is 19.8 Å². The van der Waals surface area contributed by atoms with E-state index in [2.05, 4.69) is 43.5 Å². The highest BCUT2D eigenvalue weighted by Gasteiger charge is 2.20. The van der Waals surface area contributed by atoms with Gasteiger partial charge in [0.25, 0.3) is 0 Å².